The highest BCUT2D eigenvalue weighted by molar-refractivity contribution is 6.46. The van der Waals surface area contributed by atoms with Gasteiger partial charge in [0.25, 0.3) is 11.7 Å². The summed E-state index contributed by atoms with van der Waals surface area (Å²) in [6.07, 6.45) is 3.28. The number of aromatic nitrogens is 1. The zero-order chi connectivity index (χ0) is 23.5. The Hall–Kier alpha value is -3.87. The average Bonchev–Trinajstić information content (AvgIpc) is 3.34. The SMILES string of the molecule is Cc1ccc(C2/C(=C(/O)c3cccc(OCC(C)C)c3)C(=O)C(=O)N2Cc2cccnc2)o1. The second-order valence-corrected chi connectivity index (χ2v) is 8.47. The Balaban J connectivity index is 1.78. The molecule has 1 aromatic carbocycles. The number of likely N-dealkylation sites (tertiary alicyclic amines) is 1. The molecule has 3 aromatic rings. The van der Waals surface area contributed by atoms with E-state index >= 15 is 0 Å². The molecule has 33 heavy (non-hydrogen) atoms. The topological polar surface area (TPSA) is 92.9 Å². The van der Waals surface area contributed by atoms with Crippen molar-refractivity contribution in [3.63, 3.8) is 0 Å². The maximum Gasteiger partial charge on any atom is 0.296 e. The standard InChI is InChI=1S/C26H26N2O5/c1-16(2)15-32-20-8-4-7-19(12-20)24(29)22-23(21-10-9-17(3)33-21)28(26(31)25(22)30)14-18-6-5-11-27-13-18/h4-13,16,23,29H,14-15H2,1-3H3/b24-22-. The van der Waals surface area contributed by atoms with Crippen molar-refractivity contribution in [3.8, 4) is 5.75 Å². The fourth-order valence-electron chi connectivity index (χ4n) is 3.78. The predicted octanol–water partition coefficient (Wildman–Crippen LogP) is 4.64. The molecule has 2 aromatic heterocycles. The highest BCUT2D eigenvalue weighted by atomic mass is 16.5. The molecule has 1 aliphatic rings. The molecule has 0 spiro atoms. The number of carbonyl (C=O) groups is 2. The first-order valence-electron chi connectivity index (χ1n) is 10.8. The number of amides is 1. The number of carbonyl (C=O) groups excluding carboxylic acids is 2. The summed E-state index contributed by atoms with van der Waals surface area (Å²) in [5.74, 6) is 0.224. The number of hydrogen-bond acceptors (Lipinski definition) is 6. The van der Waals surface area contributed by atoms with E-state index in [1.54, 1.807) is 61.8 Å². The van der Waals surface area contributed by atoms with Gasteiger partial charge in [0, 0.05) is 24.5 Å². The number of furan rings is 1. The molecular weight excluding hydrogens is 420 g/mol. The second-order valence-electron chi connectivity index (χ2n) is 8.47. The molecule has 0 aliphatic carbocycles. The summed E-state index contributed by atoms with van der Waals surface area (Å²) < 4.78 is 11.6. The van der Waals surface area contributed by atoms with Crippen LogP contribution in [0.5, 0.6) is 5.75 Å². The van der Waals surface area contributed by atoms with E-state index in [2.05, 4.69) is 4.98 Å². The summed E-state index contributed by atoms with van der Waals surface area (Å²) in [6.45, 7) is 6.53. The minimum Gasteiger partial charge on any atom is -0.507 e. The molecule has 1 aliphatic heterocycles. The third-order valence-electron chi connectivity index (χ3n) is 5.34. The van der Waals surface area contributed by atoms with Crippen molar-refractivity contribution in [2.45, 2.75) is 33.4 Å². The average molecular weight is 447 g/mol. The second kappa shape index (κ2) is 9.32. The number of Topliss-reactive ketones (excluding diaryl/α,β-unsaturated/α-hetero) is 1. The number of pyridine rings is 1. The van der Waals surface area contributed by atoms with Gasteiger partial charge in [-0.05, 0) is 48.7 Å². The number of rotatable bonds is 7. The van der Waals surface area contributed by atoms with E-state index in [-0.39, 0.29) is 17.9 Å². The third-order valence-corrected chi connectivity index (χ3v) is 5.34. The number of aryl methyl sites for hydroxylation is 1. The molecule has 0 radical (unpaired) electrons. The molecule has 3 heterocycles. The Labute approximate surface area is 192 Å². The molecule has 1 saturated heterocycles. The summed E-state index contributed by atoms with van der Waals surface area (Å²) in [7, 11) is 0. The van der Waals surface area contributed by atoms with Crippen LogP contribution in [0.2, 0.25) is 0 Å². The molecule has 1 fully saturated rings. The van der Waals surface area contributed by atoms with E-state index in [4.69, 9.17) is 9.15 Å². The summed E-state index contributed by atoms with van der Waals surface area (Å²) in [4.78, 5) is 31.6. The van der Waals surface area contributed by atoms with Crippen molar-refractivity contribution in [2.75, 3.05) is 6.61 Å². The minimum atomic E-state index is -0.862. The number of ketones is 1. The van der Waals surface area contributed by atoms with Crippen LogP contribution in [0.1, 0.15) is 42.5 Å². The molecular formula is C26H26N2O5. The molecule has 1 unspecified atom stereocenters. The van der Waals surface area contributed by atoms with Crippen LogP contribution < -0.4 is 4.74 Å². The first kappa shape index (κ1) is 22.3. The van der Waals surface area contributed by atoms with Gasteiger partial charge in [-0.25, -0.2) is 0 Å². The van der Waals surface area contributed by atoms with Gasteiger partial charge in [-0.1, -0.05) is 32.0 Å². The van der Waals surface area contributed by atoms with Crippen LogP contribution in [0.3, 0.4) is 0 Å². The van der Waals surface area contributed by atoms with Crippen molar-refractivity contribution in [1.29, 1.82) is 0 Å². The number of hydrogen-bond donors (Lipinski definition) is 1. The monoisotopic (exact) mass is 446 g/mol. The zero-order valence-corrected chi connectivity index (χ0v) is 18.8. The number of ether oxygens (including phenoxy) is 1. The lowest BCUT2D eigenvalue weighted by molar-refractivity contribution is -0.140. The maximum absolute atomic E-state index is 13.1. The molecule has 170 valence electrons. The molecule has 4 rings (SSSR count). The van der Waals surface area contributed by atoms with Gasteiger partial charge in [-0.15, -0.1) is 0 Å². The first-order valence-corrected chi connectivity index (χ1v) is 10.8. The van der Waals surface area contributed by atoms with Crippen molar-refractivity contribution in [2.24, 2.45) is 5.92 Å². The summed E-state index contributed by atoms with van der Waals surface area (Å²) in [6, 6.07) is 13.1. The van der Waals surface area contributed by atoms with Crippen molar-refractivity contribution >= 4 is 17.4 Å². The maximum atomic E-state index is 13.1. The number of benzene rings is 1. The lowest BCUT2D eigenvalue weighted by atomic mass is 9.99. The first-order chi connectivity index (χ1) is 15.8. The van der Waals surface area contributed by atoms with Gasteiger partial charge in [0.15, 0.2) is 0 Å². The van der Waals surface area contributed by atoms with Gasteiger partial charge in [-0.3, -0.25) is 14.6 Å². The summed E-state index contributed by atoms with van der Waals surface area (Å²) in [5, 5.41) is 11.2. The fraction of sp³-hybridized carbons (Fsp3) is 0.269. The number of nitrogens with zero attached hydrogens (tertiary/aromatic N) is 2. The molecule has 1 N–H and O–H groups in total. The van der Waals surface area contributed by atoms with E-state index in [0.29, 0.717) is 35.4 Å². The van der Waals surface area contributed by atoms with E-state index in [1.165, 1.54) is 4.90 Å². The third kappa shape index (κ3) is 4.67. The molecule has 1 amide bonds. The zero-order valence-electron chi connectivity index (χ0n) is 18.8. The van der Waals surface area contributed by atoms with E-state index in [0.717, 1.165) is 5.56 Å². The van der Waals surface area contributed by atoms with E-state index in [1.807, 2.05) is 19.9 Å². The van der Waals surface area contributed by atoms with Crippen LogP contribution in [-0.4, -0.2) is 33.3 Å². The Morgan fingerprint density at radius 3 is 2.67 bits per heavy atom. The fourth-order valence-corrected chi connectivity index (χ4v) is 3.78. The van der Waals surface area contributed by atoms with Crippen LogP contribution in [0.4, 0.5) is 0 Å². The number of aliphatic hydroxyl groups excluding tert-OH is 1. The van der Waals surface area contributed by atoms with Gasteiger partial charge in [-0.2, -0.15) is 0 Å². The minimum absolute atomic E-state index is 0.0146. The smallest absolute Gasteiger partial charge is 0.296 e. The predicted molar refractivity (Wildman–Crippen MR) is 122 cm³/mol. The highest BCUT2D eigenvalue weighted by Gasteiger charge is 2.47. The molecule has 7 nitrogen and oxygen atoms in total. The molecule has 7 heteroatoms. The van der Waals surface area contributed by atoms with E-state index in [9.17, 15) is 14.7 Å². The van der Waals surface area contributed by atoms with Gasteiger partial charge in [0.1, 0.15) is 29.1 Å². The summed E-state index contributed by atoms with van der Waals surface area (Å²) in [5.41, 5.74) is 1.14. The van der Waals surface area contributed by atoms with Crippen LogP contribution in [0.25, 0.3) is 5.76 Å². The molecule has 0 saturated carbocycles. The molecule has 0 bridgehead atoms. The van der Waals surface area contributed by atoms with E-state index < -0.39 is 17.7 Å². The normalized spacial score (nSPS) is 17.7. The van der Waals surface area contributed by atoms with Crippen molar-refractivity contribution < 1.29 is 23.8 Å². The lowest BCUT2D eigenvalue weighted by Gasteiger charge is -2.23. The van der Waals surface area contributed by atoms with Gasteiger partial charge in [0.2, 0.25) is 0 Å². The van der Waals surface area contributed by atoms with Crippen LogP contribution >= 0.6 is 0 Å². The van der Waals surface area contributed by atoms with Gasteiger partial charge < -0.3 is 19.2 Å². The Bertz CT molecular complexity index is 1200. The van der Waals surface area contributed by atoms with Crippen molar-refractivity contribution in [3.05, 3.63) is 89.1 Å². The number of aliphatic hydroxyl groups is 1. The Morgan fingerprint density at radius 2 is 2.00 bits per heavy atom. The van der Waals surface area contributed by atoms with Crippen LogP contribution in [0.15, 0.2) is 70.9 Å². The van der Waals surface area contributed by atoms with Crippen LogP contribution in [0, 0.1) is 12.8 Å². The van der Waals surface area contributed by atoms with Gasteiger partial charge in [0.05, 0.1) is 12.2 Å². The quantitative estimate of drug-likeness (QED) is 0.323. The lowest BCUT2D eigenvalue weighted by Crippen LogP contribution is -2.29. The largest absolute Gasteiger partial charge is 0.507 e. The van der Waals surface area contributed by atoms with Gasteiger partial charge >= 0.3 is 0 Å². The summed E-state index contributed by atoms with van der Waals surface area (Å²) >= 11 is 0. The van der Waals surface area contributed by atoms with Crippen molar-refractivity contribution in [1.82, 2.24) is 9.88 Å². The Kier molecular flexibility index (Phi) is 6.31. The molecule has 1 atom stereocenters. The Morgan fingerprint density at radius 1 is 1.18 bits per heavy atom. The van der Waals surface area contributed by atoms with Crippen LogP contribution in [-0.2, 0) is 16.1 Å². The highest BCUT2D eigenvalue weighted by Crippen LogP contribution is 2.41.